The highest BCUT2D eigenvalue weighted by Crippen LogP contribution is 2.19. The van der Waals surface area contributed by atoms with E-state index in [9.17, 15) is 0 Å². The number of nitrogens with one attached hydrogen (secondary N) is 1. The van der Waals surface area contributed by atoms with Crippen molar-refractivity contribution in [3.05, 3.63) is 59.7 Å². The van der Waals surface area contributed by atoms with Crippen LogP contribution in [0.5, 0.6) is 0 Å². The summed E-state index contributed by atoms with van der Waals surface area (Å²) in [5.74, 6) is 0. The van der Waals surface area contributed by atoms with Gasteiger partial charge in [-0.2, -0.15) is 0 Å². The van der Waals surface area contributed by atoms with Gasteiger partial charge in [-0.3, -0.25) is 9.97 Å². The van der Waals surface area contributed by atoms with E-state index in [1.54, 1.807) is 6.20 Å². The molecule has 0 spiro atoms. The largest absolute Gasteiger partial charge is 0.305 e. The maximum absolute atomic E-state index is 4.44. The summed E-state index contributed by atoms with van der Waals surface area (Å²) in [6, 6.07) is 8.27. The molecule has 2 aromatic heterocycles. The van der Waals surface area contributed by atoms with Crippen LogP contribution in [0.1, 0.15) is 29.8 Å². The van der Waals surface area contributed by atoms with Gasteiger partial charge in [-0.25, -0.2) is 0 Å². The van der Waals surface area contributed by atoms with E-state index in [1.165, 1.54) is 5.56 Å². The van der Waals surface area contributed by atoms with E-state index in [4.69, 9.17) is 0 Å². The second-order valence-corrected chi connectivity index (χ2v) is 4.04. The first-order valence-electron chi connectivity index (χ1n) is 5.87. The van der Waals surface area contributed by atoms with Crippen molar-refractivity contribution in [2.24, 2.45) is 0 Å². The van der Waals surface area contributed by atoms with Crippen molar-refractivity contribution in [2.75, 3.05) is 6.54 Å². The van der Waals surface area contributed by atoms with Crippen molar-refractivity contribution in [2.45, 2.75) is 19.9 Å². The number of hydrogen-bond donors (Lipinski definition) is 1. The molecule has 2 rings (SSSR count). The quantitative estimate of drug-likeness (QED) is 0.872. The molecule has 0 saturated carbocycles. The molecule has 0 aliphatic rings. The Balaban J connectivity index is 2.35. The number of hydrogen-bond acceptors (Lipinski definition) is 3. The normalized spacial score (nSPS) is 12.4. The molecule has 2 heterocycles. The van der Waals surface area contributed by atoms with Crippen LogP contribution < -0.4 is 5.32 Å². The summed E-state index contributed by atoms with van der Waals surface area (Å²) in [4.78, 5) is 8.61. The molecule has 0 amide bonds. The minimum Gasteiger partial charge on any atom is -0.305 e. The number of nitrogens with zero attached hydrogens (tertiary/aromatic N) is 2. The molecule has 3 heteroatoms. The Labute approximate surface area is 102 Å². The number of pyridine rings is 2. The molecule has 1 unspecified atom stereocenters. The minimum atomic E-state index is 0.119. The van der Waals surface area contributed by atoms with Crippen LogP contribution in [0.2, 0.25) is 0 Å². The van der Waals surface area contributed by atoms with Gasteiger partial charge in [-0.15, -0.1) is 0 Å². The van der Waals surface area contributed by atoms with Gasteiger partial charge in [0.15, 0.2) is 0 Å². The first kappa shape index (κ1) is 11.7. The third kappa shape index (κ3) is 2.88. The fourth-order valence-corrected chi connectivity index (χ4v) is 1.86. The van der Waals surface area contributed by atoms with Crippen molar-refractivity contribution in [1.82, 2.24) is 15.3 Å². The molecule has 0 bridgehead atoms. The molecule has 3 nitrogen and oxygen atoms in total. The summed E-state index contributed by atoms with van der Waals surface area (Å²) >= 11 is 0. The monoisotopic (exact) mass is 227 g/mol. The first-order valence-corrected chi connectivity index (χ1v) is 5.87. The van der Waals surface area contributed by atoms with Gasteiger partial charge >= 0.3 is 0 Å². The summed E-state index contributed by atoms with van der Waals surface area (Å²) in [5.41, 5.74) is 3.41. The third-order valence-corrected chi connectivity index (χ3v) is 2.66. The fraction of sp³-hybridized carbons (Fsp3) is 0.286. The summed E-state index contributed by atoms with van der Waals surface area (Å²) in [6.45, 7) is 5.08. The van der Waals surface area contributed by atoms with Crippen LogP contribution in [-0.2, 0) is 0 Å². The van der Waals surface area contributed by atoms with Gasteiger partial charge in [0.2, 0.25) is 0 Å². The zero-order chi connectivity index (χ0) is 12.1. The molecule has 1 atom stereocenters. The third-order valence-electron chi connectivity index (χ3n) is 2.66. The lowest BCUT2D eigenvalue weighted by Gasteiger charge is -2.17. The molecule has 17 heavy (non-hydrogen) atoms. The molecule has 0 aliphatic carbocycles. The molecule has 0 fully saturated rings. The highest BCUT2D eigenvalue weighted by atomic mass is 14.9. The number of rotatable bonds is 4. The standard InChI is InChI=1S/C14H17N3/c1-3-16-14(12-5-4-7-15-10-12)13-9-11(2)6-8-17-13/h4-10,14,16H,3H2,1-2H3. The van der Waals surface area contributed by atoms with Crippen LogP contribution in [0.3, 0.4) is 0 Å². The van der Waals surface area contributed by atoms with Crippen LogP contribution in [0, 0.1) is 6.92 Å². The average Bonchev–Trinajstić information content (AvgIpc) is 2.37. The molecule has 2 aromatic rings. The zero-order valence-corrected chi connectivity index (χ0v) is 10.2. The van der Waals surface area contributed by atoms with E-state index in [1.807, 2.05) is 24.5 Å². The lowest BCUT2D eigenvalue weighted by Crippen LogP contribution is -2.23. The van der Waals surface area contributed by atoms with Crippen molar-refractivity contribution in [3.8, 4) is 0 Å². The predicted molar refractivity (Wildman–Crippen MR) is 68.7 cm³/mol. The Morgan fingerprint density at radius 2 is 2.18 bits per heavy atom. The van der Waals surface area contributed by atoms with Crippen molar-refractivity contribution < 1.29 is 0 Å². The topological polar surface area (TPSA) is 37.8 Å². The van der Waals surface area contributed by atoms with Gasteiger partial charge in [-0.1, -0.05) is 13.0 Å². The lowest BCUT2D eigenvalue weighted by atomic mass is 10.0. The Morgan fingerprint density at radius 1 is 1.29 bits per heavy atom. The van der Waals surface area contributed by atoms with Gasteiger partial charge in [0.25, 0.3) is 0 Å². The van der Waals surface area contributed by atoms with E-state index < -0.39 is 0 Å². The number of aryl methyl sites for hydroxylation is 1. The maximum Gasteiger partial charge on any atom is 0.0766 e. The van der Waals surface area contributed by atoms with Crippen molar-refractivity contribution in [1.29, 1.82) is 0 Å². The Morgan fingerprint density at radius 3 is 2.82 bits per heavy atom. The molecule has 0 aromatic carbocycles. The van der Waals surface area contributed by atoms with Crippen LogP contribution in [0.4, 0.5) is 0 Å². The van der Waals surface area contributed by atoms with Crippen molar-refractivity contribution >= 4 is 0 Å². The highest BCUT2D eigenvalue weighted by Gasteiger charge is 2.14. The fourth-order valence-electron chi connectivity index (χ4n) is 1.86. The lowest BCUT2D eigenvalue weighted by molar-refractivity contribution is 0.613. The molecule has 0 saturated heterocycles. The van der Waals surface area contributed by atoms with Gasteiger partial charge in [0.1, 0.15) is 0 Å². The smallest absolute Gasteiger partial charge is 0.0766 e. The van der Waals surface area contributed by atoms with Gasteiger partial charge < -0.3 is 5.32 Å². The van der Waals surface area contributed by atoms with Gasteiger partial charge in [-0.05, 0) is 42.8 Å². The van der Waals surface area contributed by atoms with Crippen LogP contribution in [-0.4, -0.2) is 16.5 Å². The predicted octanol–water partition coefficient (Wildman–Crippen LogP) is 2.48. The SMILES string of the molecule is CCNC(c1cccnc1)c1cc(C)ccn1. The van der Waals surface area contributed by atoms with Crippen molar-refractivity contribution in [3.63, 3.8) is 0 Å². The molecular weight excluding hydrogens is 210 g/mol. The summed E-state index contributed by atoms with van der Waals surface area (Å²) < 4.78 is 0. The molecular formula is C14H17N3. The van der Waals surface area contributed by atoms with E-state index in [2.05, 4.69) is 41.3 Å². The Bertz CT molecular complexity index is 468. The molecule has 1 N–H and O–H groups in total. The van der Waals surface area contributed by atoms with Crippen LogP contribution in [0.15, 0.2) is 42.9 Å². The molecule has 0 aliphatic heterocycles. The second-order valence-electron chi connectivity index (χ2n) is 4.04. The summed E-state index contributed by atoms with van der Waals surface area (Å²) in [7, 11) is 0. The van der Waals surface area contributed by atoms with E-state index >= 15 is 0 Å². The van der Waals surface area contributed by atoms with Crippen LogP contribution in [0.25, 0.3) is 0 Å². The highest BCUT2D eigenvalue weighted by molar-refractivity contribution is 5.27. The maximum atomic E-state index is 4.44. The zero-order valence-electron chi connectivity index (χ0n) is 10.2. The minimum absolute atomic E-state index is 0.119. The molecule has 0 radical (unpaired) electrons. The summed E-state index contributed by atoms with van der Waals surface area (Å²) in [6.07, 6.45) is 5.53. The first-order chi connectivity index (χ1) is 8.31. The summed E-state index contributed by atoms with van der Waals surface area (Å²) in [5, 5.41) is 3.44. The Kier molecular flexibility index (Phi) is 3.83. The van der Waals surface area contributed by atoms with E-state index in [-0.39, 0.29) is 6.04 Å². The van der Waals surface area contributed by atoms with Gasteiger partial charge in [0, 0.05) is 18.6 Å². The Hall–Kier alpha value is -1.74. The van der Waals surface area contributed by atoms with Crippen LogP contribution >= 0.6 is 0 Å². The van der Waals surface area contributed by atoms with Gasteiger partial charge in [0.05, 0.1) is 11.7 Å². The number of aromatic nitrogens is 2. The van der Waals surface area contributed by atoms with E-state index in [0.29, 0.717) is 0 Å². The average molecular weight is 227 g/mol. The molecule has 88 valence electrons. The van der Waals surface area contributed by atoms with E-state index in [0.717, 1.165) is 17.8 Å². The second kappa shape index (κ2) is 5.55.